The summed E-state index contributed by atoms with van der Waals surface area (Å²) in [5.74, 6) is -0.0452. The number of imidazole rings is 1. The van der Waals surface area contributed by atoms with E-state index in [0.29, 0.717) is 5.56 Å². The van der Waals surface area contributed by atoms with Crippen LogP contribution in [0.4, 0.5) is 0 Å². The van der Waals surface area contributed by atoms with Gasteiger partial charge in [-0.2, -0.15) is 0 Å². The molecule has 2 aromatic heterocycles. The molecule has 1 N–H and O–H groups in total. The van der Waals surface area contributed by atoms with E-state index in [1.165, 1.54) is 5.56 Å². The maximum absolute atomic E-state index is 12.3. The van der Waals surface area contributed by atoms with E-state index in [-0.39, 0.29) is 11.9 Å². The third-order valence-electron chi connectivity index (χ3n) is 3.74. The number of benzene rings is 1. The monoisotopic (exact) mass is 293 g/mol. The molecule has 4 nitrogen and oxygen atoms in total. The minimum atomic E-state index is -0.0452. The topological polar surface area (TPSA) is 46.4 Å². The molecule has 1 aromatic carbocycles. The first kappa shape index (κ1) is 14.3. The molecular formula is C18H19N3O. The van der Waals surface area contributed by atoms with Gasteiger partial charge in [-0.25, -0.2) is 4.98 Å². The molecule has 112 valence electrons. The van der Waals surface area contributed by atoms with E-state index in [9.17, 15) is 4.79 Å². The van der Waals surface area contributed by atoms with Gasteiger partial charge in [0.2, 0.25) is 0 Å². The first-order chi connectivity index (χ1) is 10.7. The predicted molar refractivity (Wildman–Crippen MR) is 86.9 cm³/mol. The molecule has 0 bridgehead atoms. The average Bonchev–Trinajstić information content (AvgIpc) is 3.01. The van der Waals surface area contributed by atoms with Gasteiger partial charge in [0.05, 0.1) is 5.56 Å². The summed E-state index contributed by atoms with van der Waals surface area (Å²) in [6, 6.07) is 14.1. The van der Waals surface area contributed by atoms with E-state index in [2.05, 4.69) is 22.4 Å². The standard InChI is InChI=1S/C18H19N3O/c1-14(7-8-15-5-3-2-4-6-15)20-18(22)16-9-10-17-19-11-12-21(17)13-16/h2-6,9-14H,7-8H2,1H3,(H,20,22). The van der Waals surface area contributed by atoms with E-state index in [4.69, 9.17) is 0 Å². The molecule has 0 saturated carbocycles. The lowest BCUT2D eigenvalue weighted by Crippen LogP contribution is -2.33. The summed E-state index contributed by atoms with van der Waals surface area (Å²) in [6.45, 7) is 2.04. The highest BCUT2D eigenvalue weighted by Crippen LogP contribution is 2.07. The number of aromatic nitrogens is 2. The van der Waals surface area contributed by atoms with Crippen LogP contribution in [0.25, 0.3) is 5.65 Å². The smallest absolute Gasteiger partial charge is 0.252 e. The first-order valence-electron chi connectivity index (χ1n) is 7.50. The van der Waals surface area contributed by atoms with Crippen LogP contribution >= 0.6 is 0 Å². The minimum Gasteiger partial charge on any atom is -0.350 e. The maximum atomic E-state index is 12.3. The van der Waals surface area contributed by atoms with Gasteiger partial charge >= 0.3 is 0 Å². The molecule has 22 heavy (non-hydrogen) atoms. The summed E-state index contributed by atoms with van der Waals surface area (Å²) in [6.07, 6.45) is 7.25. The van der Waals surface area contributed by atoms with Crippen LogP contribution in [0, 0.1) is 0 Å². The number of rotatable bonds is 5. The Morgan fingerprint density at radius 1 is 1.23 bits per heavy atom. The average molecular weight is 293 g/mol. The Morgan fingerprint density at radius 3 is 2.86 bits per heavy atom. The van der Waals surface area contributed by atoms with Crippen LogP contribution in [0.3, 0.4) is 0 Å². The lowest BCUT2D eigenvalue weighted by molar-refractivity contribution is 0.0938. The lowest BCUT2D eigenvalue weighted by atomic mass is 10.1. The van der Waals surface area contributed by atoms with E-state index < -0.39 is 0 Å². The largest absolute Gasteiger partial charge is 0.350 e. The SMILES string of the molecule is CC(CCc1ccccc1)NC(=O)c1ccc2nccn2c1. The first-order valence-corrected chi connectivity index (χ1v) is 7.50. The van der Waals surface area contributed by atoms with Crippen molar-refractivity contribution in [3.05, 3.63) is 72.2 Å². The van der Waals surface area contributed by atoms with Gasteiger partial charge in [0, 0.05) is 24.6 Å². The molecule has 1 unspecified atom stereocenters. The number of pyridine rings is 1. The third-order valence-corrected chi connectivity index (χ3v) is 3.74. The number of hydrogen-bond acceptors (Lipinski definition) is 2. The van der Waals surface area contributed by atoms with Crippen molar-refractivity contribution in [1.82, 2.24) is 14.7 Å². The number of amides is 1. The Hall–Kier alpha value is -2.62. The van der Waals surface area contributed by atoms with Crippen molar-refractivity contribution < 1.29 is 4.79 Å². The van der Waals surface area contributed by atoms with Crippen LogP contribution in [0.1, 0.15) is 29.3 Å². The third kappa shape index (κ3) is 3.34. The van der Waals surface area contributed by atoms with Crippen molar-refractivity contribution in [2.45, 2.75) is 25.8 Å². The second kappa shape index (κ2) is 6.43. The van der Waals surface area contributed by atoms with Gasteiger partial charge in [0.1, 0.15) is 5.65 Å². The summed E-state index contributed by atoms with van der Waals surface area (Å²) < 4.78 is 1.85. The van der Waals surface area contributed by atoms with Gasteiger partial charge in [-0.05, 0) is 37.5 Å². The molecule has 0 radical (unpaired) electrons. The molecule has 0 aliphatic heterocycles. The van der Waals surface area contributed by atoms with Crippen LogP contribution in [0.15, 0.2) is 61.1 Å². The Kier molecular flexibility index (Phi) is 4.19. The Morgan fingerprint density at radius 2 is 2.05 bits per heavy atom. The predicted octanol–water partition coefficient (Wildman–Crippen LogP) is 3.09. The second-order valence-electron chi connectivity index (χ2n) is 5.51. The van der Waals surface area contributed by atoms with E-state index >= 15 is 0 Å². The quantitative estimate of drug-likeness (QED) is 0.786. The fourth-order valence-electron chi connectivity index (χ4n) is 2.46. The number of carbonyl (C=O) groups excluding carboxylic acids is 1. The molecule has 3 aromatic rings. The molecule has 1 atom stereocenters. The maximum Gasteiger partial charge on any atom is 0.252 e. The van der Waals surface area contributed by atoms with Crippen molar-refractivity contribution in [1.29, 1.82) is 0 Å². The molecule has 0 aliphatic carbocycles. The summed E-state index contributed by atoms with van der Waals surface area (Å²) in [7, 11) is 0. The number of nitrogens with one attached hydrogen (secondary N) is 1. The lowest BCUT2D eigenvalue weighted by Gasteiger charge is -2.14. The summed E-state index contributed by atoms with van der Waals surface area (Å²) in [4.78, 5) is 16.5. The molecule has 0 fully saturated rings. The number of aryl methyl sites for hydroxylation is 1. The van der Waals surface area contributed by atoms with Crippen LogP contribution in [0.2, 0.25) is 0 Å². The van der Waals surface area contributed by atoms with Gasteiger partial charge in [-0.1, -0.05) is 30.3 Å². The molecule has 3 rings (SSSR count). The molecule has 4 heteroatoms. The van der Waals surface area contributed by atoms with E-state index in [0.717, 1.165) is 18.5 Å². The van der Waals surface area contributed by atoms with Gasteiger partial charge in [0.25, 0.3) is 5.91 Å². The molecular weight excluding hydrogens is 274 g/mol. The zero-order chi connectivity index (χ0) is 15.4. The van der Waals surface area contributed by atoms with Gasteiger partial charge in [0.15, 0.2) is 0 Å². The highest BCUT2D eigenvalue weighted by atomic mass is 16.1. The summed E-state index contributed by atoms with van der Waals surface area (Å²) in [5, 5.41) is 3.05. The second-order valence-corrected chi connectivity index (χ2v) is 5.51. The van der Waals surface area contributed by atoms with Crippen LogP contribution in [0.5, 0.6) is 0 Å². The van der Waals surface area contributed by atoms with Crippen molar-refractivity contribution in [3.63, 3.8) is 0 Å². The Labute approximate surface area is 129 Å². The van der Waals surface area contributed by atoms with Crippen molar-refractivity contribution >= 4 is 11.6 Å². The van der Waals surface area contributed by atoms with Gasteiger partial charge < -0.3 is 9.72 Å². The van der Waals surface area contributed by atoms with Crippen molar-refractivity contribution in [2.75, 3.05) is 0 Å². The Bertz CT molecular complexity index is 764. The zero-order valence-corrected chi connectivity index (χ0v) is 12.6. The molecule has 0 spiro atoms. The fourth-order valence-corrected chi connectivity index (χ4v) is 2.46. The Balaban J connectivity index is 1.58. The number of nitrogens with zero attached hydrogens (tertiary/aromatic N) is 2. The van der Waals surface area contributed by atoms with Gasteiger partial charge in [-0.15, -0.1) is 0 Å². The molecule has 1 amide bonds. The van der Waals surface area contributed by atoms with E-state index in [1.807, 2.05) is 54.0 Å². The zero-order valence-electron chi connectivity index (χ0n) is 12.6. The summed E-state index contributed by atoms with van der Waals surface area (Å²) in [5.41, 5.74) is 2.79. The van der Waals surface area contributed by atoms with Crippen molar-refractivity contribution in [3.8, 4) is 0 Å². The van der Waals surface area contributed by atoms with Crippen LogP contribution in [-0.2, 0) is 6.42 Å². The summed E-state index contributed by atoms with van der Waals surface area (Å²) >= 11 is 0. The number of hydrogen-bond donors (Lipinski definition) is 1. The van der Waals surface area contributed by atoms with Crippen LogP contribution in [-0.4, -0.2) is 21.3 Å². The van der Waals surface area contributed by atoms with Gasteiger partial charge in [-0.3, -0.25) is 4.79 Å². The number of carbonyl (C=O) groups is 1. The molecule has 0 aliphatic rings. The molecule has 0 saturated heterocycles. The minimum absolute atomic E-state index is 0.0452. The normalized spacial score (nSPS) is 12.2. The highest BCUT2D eigenvalue weighted by Gasteiger charge is 2.10. The highest BCUT2D eigenvalue weighted by molar-refractivity contribution is 5.94. The van der Waals surface area contributed by atoms with E-state index in [1.54, 1.807) is 6.20 Å². The number of fused-ring (bicyclic) bond motifs is 1. The van der Waals surface area contributed by atoms with Crippen molar-refractivity contribution in [2.24, 2.45) is 0 Å². The molecule has 2 heterocycles. The fraction of sp³-hybridized carbons (Fsp3) is 0.222. The van der Waals surface area contributed by atoms with Crippen LogP contribution < -0.4 is 5.32 Å².